The topological polar surface area (TPSA) is 66.7 Å². The molecule has 0 aliphatic heterocycles. The molecule has 0 aliphatic rings. The van der Waals surface area contributed by atoms with Gasteiger partial charge in [0.1, 0.15) is 0 Å². The number of hydrogen-bond donors (Lipinski definition) is 1. The lowest BCUT2D eigenvalue weighted by atomic mass is 9.99. The third-order valence-electron chi connectivity index (χ3n) is 5.09. The Hall–Kier alpha value is -3.51. The number of thioether (sulfide) groups is 1. The van der Waals surface area contributed by atoms with Crippen molar-refractivity contribution >= 4 is 28.4 Å². The van der Waals surface area contributed by atoms with Crippen molar-refractivity contribution in [2.24, 2.45) is 10.2 Å². The smallest absolute Gasteiger partial charge is 0.230 e. The van der Waals surface area contributed by atoms with Gasteiger partial charge in [0.25, 0.3) is 0 Å². The van der Waals surface area contributed by atoms with E-state index in [1.807, 2.05) is 55.5 Å². The third kappa shape index (κ3) is 8.79. The summed E-state index contributed by atoms with van der Waals surface area (Å²) >= 11 is 1.37. The van der Waals surface area contributed by atoms with E-state index in [4.69, 9.17) is 0 Å². The molecule has 0 unspecified atom stereocenters. The standard InChI is InChI=1S/C28H30N4OS/c1-22(11-9-16-24-12-5-3-6-13-24)28(26-17-10-18-29-20-26)32-31-23(2)34-21-27(33)30-19-25-14-7-4-8-15-25/h3-8,10,12-15,17-18,20H,1,9,11,16,19,21H2,2H3,(H,30,33)/b31-23+,32-28+. The van der Waals surface area contributed by atoms with Crippen LogP contribution in [0.4, 0.5) is 0 Å². The Morgan fingerprint density at radius 2 is 1.68 bits per heavy atom. The van der Waals surface area contributed by atoms with Crippen LogP contribution < -0.4 is 5.32 Å². The van der Waals surface area contributed by atoms with Gasteiger partial charge in [-0.25, -0.2) is 0 Å². The summed E-state index contributed by atoms with van der Waals surface area (Å²) in [5.74, 6) is 0.253. The zero-order chi connectivity index (χ0) is 24.0. The fourth-order valence-corrected chi connectivity index (χ4v) is 3.81. The first-order valence-electron chi connectivity index (χ1n) is 11.3. The van der Waals surface area contributed by atoms with Crippen LogP contribution in [0.5, 0.6) is 0 Å². The first-order chi connectivity index (χ1) is 16.6. The van der Waals surface area contributed by atoms with E-state index < -0.39 is 0 Å². The molecule has 5 nitrogen and oxygen atoms in total. The molecule has 1 N–H and O–H groups in total. The number of aromatic nitrogens is 1. The molecule has 2 aromatic carbocycles. The van der Waals surface area contributed by atoms with Crippen LogP contribution in [0.3, 0.4) is 0 Å². The van der Waals surface area contributed by atoms with Gasteiger partial charge in [0.05, 0.1) is 16.5 Å². The summed E-state index contributed by atoms with van der Waals surface area (Å²) in [6, 6.07) is 24.1. The molecule has 0 aliphatic carbocycles. The van der Waals surface area contributed by atoms with E-state index in [1.165, 1.54) is 17.3 Å². The number of allylic oxidation sites excluding steroid dienone is 1. The Kier molecular flexibility index (Phi) is 10.3. The Balaban J connectivity index is 1.56. The maximum Gasteiger partial charge on any atom is 0.230 e. The first kappa shape index (κ1) is 25.1. The van der Waals surface area contributed by atoms with Crippen molar-refractivity contribution < 1.29 is 4.79 Å². The van der Waals surface area contributed by atoms with E-state index in [2.05, 4.69) is 51.3 Å². The molecule has 0 fully saturated rings. The number of nitrogens with zero attached hydrogens (tertiary/aromatic N) is 3. The second-order valence-corrected chi connectivity index (χ2v) is 8.97. The van der Waals surface area contributed by atoms with Gasteiger partial charge in [-0.2, -0.15) is 0 Å². The lowest BCUT2D eigenvalue weighted by Crippen LogP contribution is -2.24. The minimum Gasteiger partial charge on any atom is -0.351 e. The van der Waals surface area contributed by atoms with E-state index in [1.54, 1.807) is 12.4 Å². The highest BCUT2D eigenvalue weighted by Gasteiger charge is 2.10. The van der Waals surface area contributed by atoms with E-state index >= 15 is 0 Å². The highest BCUT2D eigenvalue weighted by molar-refractivity contribution is 8.14. The average Bonchev–Trinajstić information content (AvgIpc) is 2.88. The van der Waals surface area contributed by atoms with Gasteiger partial charge in [-0.15, -0.1) is 10.2 Å². The number of benzene rings is 2. The lowest BCUT2D eigenvalue weighted by molar-refractivity contribution is -0.118. The predicted molar refractivity (Wildman–Crippen MR) is 143 cm³/mol. The van der Waals surface area contributed by atoms with Crippen molar-refractivity contribution in [2.75, 3.05) is 5.75 Å². The maximum atomic E-state index is 12.2. The molecule has 174 valence electrons. The van der Waals surface area contributed by atoms with Crippen molar-refractivity contribution in [3.63, 3.8) is 0 Å². The largest absolute Gasteiger partial charge is 0.351 e. The number of rotatable bonds is 11. The van der Waals surface area contributed by atoms with Gasteiger partial charge in [-0.1, -0.05) is 79.0 Å². The minimum absolute atomic E-state index is 0.0369. The summed E-state index contributed by atoms with van der Waals surface area (Å²) in [7, 11) is 0. The molecule has 3 rings (SSSR count). The van der Waals surface area contributed by atoms with Gasteiger partial charge in [-0.05, 0) is 55.0 Å². The molecule has 1 heterocycles. The van der Waals surface area contributed by atoms with Gasteiger partial charge in [0.2, 0.25) is 5.91 Å². The monoisotopic (exact) mass is 470 g/mol. The van der Waals surface area contributed by atoms with Gasteiger partial charge in [0, 0.05) is 24.5 Å². The predicted octanol–water partition coefficient (Wildman–Crippen LogP) is 5.83. The molecule has 1 amide bonds. The molecule has 1 aromatic heterocycles. The van der Waals surface area contributed by atoms with Gasteiger partial charge >= 0.3 is 0 Å². The molecule has 0 radical (unpaired) electrons. The van der Waals surface area contributed by atoms with Crippen LogP contribution in [-0.4, -0.2) is 27.4 Å². The zero-order valence-corrected chi connectivity index (χ0v) is 20.3. The highest BCUT2D eigenvalue weighted by atomic mass is 32.2. The average molecular weight is 471 g/mol. The number of carbonyl (C=O) groups is 1. The molecular formula is C28H30N4OS. The Bertz CT molecular complexity index is 1110. The highest BCUT2D eigenvalue weighted by Crippen LogP contribution is 2.16. The second kappa shape index (κ2) is 13.9. The van der Waals surface area contributed by atoms with Crippen LogP contribution in [0.25, 0.3) is 0 Å². The molecular weight excluding hydrogens is 440 g/mol. The number of hydrogen-bond acceptors (Lipinski definition) is 5. The van der Waals surface area contributed by atoms with Crippen molar-refractivity contribution in [1.82, 2.24) is 10.3 Å². The third-order valence-corrected chi connectivity index (χ3v) is 6.00. The summed E-state index contributed by atoms with van der Waals surface area (Å²) in [6.45, 7) is 6.64. The van der Waals surface area contributed by atoms with E-state index in [0.29, 0.717) is 11.6 Å². The number of pyridine rings is 1. The van der Waals surface area contributed by atoms with Crippen LogP contribution in [0, 0.1) is 0 Å². The minimum atomic E-state index is -0.0369. The van der Waals surface area contributed by atoms with E-state index in [9.17, 15) is 4.79 Å². The first-order valence-corrected chi connectivity index (χ1v) is 12.3. The van der Waals surface area contributed by atoms with E-state index in [-0.39, 0.29) is 11.7 Å². The van der Waals surface area contributed by atoms with Crippen LogP contribution >= 0.6 is 11.8 Å². The van der Waals surface area contributed by atoms with Crippen LogP contribution in [0.1, 0.15) is 36.5 Å². The fraction of sp³-hybridized carbons (Fsp3) is 0.214. The molecule has 3 aromatic rings. The molecule has 0 saturated heterocycles. The molecule has 0 saturated carbocycles. The van der Waals surface area contributed by atoms with Gasteiger partial charge in [0.15, 0.2) is 0 Å². The summed E-state index contributed by atoms with van der Waals surface area (Å²) in [6.07, 6.45) is 6.28. The summed E-state index contributed by atoms with van der Waals surface area (Å²) in [5, 5.41) is 12.5. The normalized spacial score (nSPS) is 11.8. The van der Waals surface area contributed by atoms with Crippen molar-refractivity contribution in [3.8, 4) is 0 Å². The quantitative estimate of drug-likeness (QED) is 0.218. The summed E-state index contributed by atoms with van der Waals surface area (Å²) in [5.41, 5.74) is 4.92. The summed E-state index contributed by atoms with van der Waals surface area (Å²) < 4.78 is 0. The molecule has 0 atom stereocenters. The van der Waals surface area contributed by atoms with Crippen LogP contribution in [0.15, 0.2) is 108 Å². The van der Waals surface area contributed by atoms with Gasteiger partial charge in [-0.3, -0.25) is 9.78 Å². The molecule has 34 heavy (non-hydrogen) atoms. The van der Waals surface area contributed by atoms with Crippen LogP contribution in [-0.2, 0) is 17.8 Å². The van der Waals surface area contributed by atoms with Crippen LogP contribution in [0.2, 0.25) is 0 Å². The Morgan fingerprint density at radius 3 is 2.35 bits per heavy atom. The second-order valence-electron chi connectivity index (χ2n) is 7.80. The number of aryl methyl sites for hydroxylation is 1. The molecule has 6 heteroatoms. The van der Waals surface area contributed by atoms with Gasteiger partial charge < -0.3 is 5.32 Å². The fourth-order valence-electron chi connectivity index (χ4n) is 3.27. The van der Waals surface area contributed by atoms with Crippen molar-refractivity contribution in [3.05, 3.63) is 114 Å². The van der Waals surface area contributed by atoms with E-state index in [0.717, 1.165) is 41.7 Å². The van der Waals surface area contributed by atoms with Crippen molar-refractivity contribution in [2.45, 2.75) is 32.7 Å². The Labute approximate surface area is 206 Å². The number of nitrogens with one attached hydrogen (secondary N) is 1. The molecule has 0 spiro atoms. The van der Waals surface area contributed by atoms with Crippen molar-refractivity contribution in [1.29, 1.82) is 0 Å². The Morgan fingerprint density at radius 1 is 0.971 bits per heavy atom. The maximum absolute atomic E-state index is 12.2. The SMILES string of the molecule is C=C(CCCc1ccccc1)/C(=N\N=C(/C)SCC(=O)NCc1ccccc1)c1cccnc1. The zero-order valence-electron chi connectivity index (χ0n) is 19.5. The number of carbonyl (C=O) groups excluding carboxylic acids is 1. The summed E-state index contributed by atoms with van der Waals surface area (Å²) in [4.78, 5) is 16.4. The lowest BCUT2D eigenvalue weighted by Gasteiger charge is -2.09. The number of amides is 1. The molecule has 0 bridgehead atoms.